The van der Waals surface area contributed by atoms with Gasteiger partial charge in [0.15, 0.2) is 0 Å². The maximum absolute atomic E-state index is 2.60. The van der Waals surface area contributed by atoms with Crippen LogP contribution in [0.15, 0.2) is 23.3 Å². The zero-order valence-corrected chi connectivity index (χ0v) is 10.00. The number of rotatable bonds is 2. The van der Waals surface area contributed by atoms with E-state index in [1.165, 1.54) is 45.6 Å². The maximum atomic E-state index is 2.60. The van der Waals surface area contributed by atoms with Crippen LogP contribution in [0.5, 0.6) is 0 Å². The second-order valence-electron chi connectivity index (χ2n) is 4.84. The molecule has 0 saturated carbocycles. The molecule has 2 aliphatic rings. The van der Waals surface area contributed by atoms with E-state index in [-0.39, 0.29) is 0 Å². The van der Waals surface area contributed by atoms with Crippen molar-refractivity contribution in [3.05, 3.63) is 23.3 Å². The summed E-state index contributed by atoms with van der Waals surface area (Å²) in [5.74, 6) is 0. The van der Waals surface area contributed by atoms with Gasteiger partial charge >= 0.3 is 0 Å². The molecule has 0 N–H and O–H groups in total. The summed E-state index contributed by atoms with van der Waals surface area (Å²) < 4.78 is 0. The van der Waals surface area contributed by atoms with Gasteiger partial charge in [-0.1, -0.05) is 23.3 Å². The Labute approximate surface area is 93.2 Å². The predicted octanol–water partition coefficient (Wildman–Crippen LogP) is 1.90. The van der Waals surface area contributed by atoms with Crippen molar-refractivity contribution < 1.29 is 0 Å². The minimum atomic E-state index is 1.17. The van der Waals surface area contributed by atoms with Gasteiger partial charge in [0.1, 0.15) is 0 Å². The zero-order chi connectivity index (χ0) is 10.7. The van der Waals surface area contributed by atoms with Gasteiger partial charge in [-0.3, -0.25) is 4.90 Å². The van der Waals surface area contributed by atoms with E-state index >= 15 is 0 Å². The van der Waals surface area contributed by atoms with Crippen LogP contribution >= 0.6 is 0 Å². The average molecular weight is 206 g/mol. The second-order valence-corrected chi connectivity index (χ2v) is 4.84. The van der Waals surface area contributed by atoms with E-state index in [9.17, 15) is 0 Å². The lowest BCUT2D eigenvalue weighted by atomic mass is 9.98. The predicted molar refractivity (Wildman–Crippen MR) is 65.0 cm³/mol. The van der Waals surface area contributed by atoms with E-state index in [2.05, 4.69) is 35.9 Å². The van der Waals surface area contributed by atoms with Gasteiger partial charge in [-0.25, -0.2) is 0 Å². The molecular weight excluding hydrogens is 184 g/mol. The summed E-state index contributed by atoms with van der Waals surface area (Å²) in [5.41, 5.74) is 3.25. The van der Waals surface area contributed by atoms with E-state index < -0.39 is 0 Å². The van der Waals surface area contributed by atoms with Crippen LogP contribution in [0.1, 0.15) is 19.8 Å². The molecule has 1 heterocycles. The van der Waals surface area contributed by atoms with E-state index in [0.29, 0.717) is 0 Å². The summed E-state index contributed by atoms with van der Waals surface area (Å²) in [7, 11) is 2.21. The Hall–Kier alpha value is -0.600. The van der Waals surface area contributed by atoms with Crippen molar-refractivity contribution >= 4 is 0 Å². The van der Waals surface area contributed by atoms with Gasteiger partial charge in [-0.2, -0.15) is 0 Å². The highest BCUT2D eigenvalue weighted by Gasteiger charge is 2.15. The molecule has 15 heavy (non-hydrogen) atoms. The van der Waals surface area contributed by atoms with E-state index in [4.69, 9.17) is 0 Å². The molecule has 0 radical (unpaired) electrons. The Kier molecular flexibility index (Phi) is 3.60. The molecule has 1 aliphatic carbocycles. The van der Waals surface area contributed by atoms with Crippen LogP contribution in [0.2, 0.25) is 0 Å². The first-order valence-electron chi connectivity index (χ1n) is 5.99. The van der Waals surface area contributed by atoms with Gasteiger partial charge in [0.05, 0.1) is 0 Å². The third kappa shape index (κ3) is 2.93. The van der Waals surface area contributed by atoms with E-state index in [1.54, 1.807) is 11.1 Å². The van der Waals surface area contributed by atoms with Crippen molar-refractivity contribution in [3.63, 3.8) is 0 Å². The molecule has 0 unspecified atom stereocenters. The molecule has 2 rings (SSSR count). The van der Waals surface area contributed by atoms with Crippen LogP contribution in [-0.2, 0) is 0 Å². The first kappa shape index (κ1) is 10.9. The lowest BCUT2D eigenvalue weighted by molar-refractivity contribution is 0.163. The first-order chi connectivity index (χ1) is 7.25. The SMILES string of the molecule is CC1=C(CN2CCN(C)CC2)CC=CC1. The van der Waals surface area contributed by atoms with Crippen LogP contribution in [0.3, 0.4) is 0 Å². The summed E-state index contributed by atoms with van der Waals surface area (Å²) in [4.78, 5) is 5.01. The minimum Gasteiger partial charge on any atom is -0.304 e. The Morgan fingerprint density at radius 3 is 2.40 bits per heavy atom. The number of piperazine rings is 1. The Morgan fingerprint density at radius 2 is 1.73 bits per heavy atom. The van der Waals surface area contributed by atoms with E-state index in [1.807, 2.05) is 0 Å². The number of hydrogen-bond acceptors (Lipinski definition) is 2. The Morgan fingerprint density at radius 1 is 1.07 bits per heavy atom. The summed E-state index contributed by atoms with van der Waals surface area (Å²) in [6.45, 7) is 8.40. The van der Waals surface area contributed by atoms with Crippen LogP contribution in [-0.4, -0.2) is 49.6 Å². The monoisotopic (exact) mass is 206 g/mol. The van der Waals surface area contributed by atoms with Gasteiger partial charge in [-0.15, -0.1) is 0 Å². The van der Waals surface area contributed by atoms with Crippen LogP contribution < -0.4 is 0 Å². The fourth-order valence-corrected chi connectivity index (χ4v) is 2.28. The summed E-state index contributed by atoms with van der Waals surface area (Å²) in [6, 6.07) is 0. The van der Waals surface area contributed by atoms with Crippen molar-refractivity contribution in [3.8, 4) is 0 Å². The van der Waals surface area contributed by atoms with Gasteiger partial charge in [-0.05, 0) is 26.8 Å². The molecule has 0 aromatic rings. The quantitative estimate of drug-likeness (QED) is 0.637. The van der Waals surface area contributed by atoms with Crippen molar-refractivity contribution in [1.82, 2.24) is 9.80 Å². The lowest BCUT2D eigenvalue weighted by Crippen LogP contribution is -2.45. The molecule has 1 saturated heterocycles. The molecule has 0 bridgehead atoms. The summed E-state index contributed by atoms with van der Waals surface area (Å²) >= 11 is 0. The third-order valence-electron chi connectivity index (χ3n) is 3.57. The second kappa shape index (κ2) is 4.95. The van der Waals surface area contributed by atoms with Crippen molar-refractivity contribution in [2.45, 2.75) is 19.8 Å². The standard InChI is InChI=1S/C13H22N2/c1-12-5-3-4-6-13(12)11-15-9-7-14(2)8-10-15/h3-4H,5-11H2,1-2H3. The zero-order valence-electron chi connectivity index (χ0n) is 10.00. The molecule has 1 fully saturated rings. The fraction of sp³-hybridized carbons (Fsp3) is 0.692. The minimum absolute atomic E-state index is 1.17. The lowest BCUT2D eigenvalue weighted by Gasteiger charge is -2.33. The molecule has 0 atom stereocenters. The molecule has 0 aromatic heterocycles. The number of likely N-dealkylation sites (N-methyl/N-ethyl adjacent to an activating group) is 1. The van der Waals surface area contributed by atoms with Crippen molar-refractivity contribution in [1.29, 1.82) is 0 Å². The van der Waals surface area contributed by atoms with Crippen LogP contribution in [0, 0.1) is 0 Å². The number of nitrogens with zero attached hydrogens (tertiary/aromatic N) is 2. The Bertz CT molecular complexity index is 270. The molecule has 0 amide bonds. The molecule has 2 nitrogen and oxygen atoms in total. The highest BCUT2D eigenvalue weighted by Crippen LogP contribution is 2.20. The molecule has 0 spiro atoms. The van der Waals surface area contributed by atoms with E-state index in [0.717, 1.165) is 0 Å². The topological polar surface area (TPSA) is 6.48 Å². The third-order valence-corrected chi connectivity index (χ3v) is 3.57. The largest absolute Gasteiger partial charge is 0.304 e. The number of allylic oxidation sites excluding steroid dienone is 3. The fourth-order valence-electron chi connectivity index (χ4n) is 2.28. The maximum Gasteiger partial charge on any atom is 0.0199 e. The van der Waals surface area contributed by atoms with Gasteiger partial charge < -0.3 is 4.90 Å². The van der Waals surface area contributed by atoms with Gasteiger partial charge in [0.25, 0.3) is 0 Å². The van der Waals surface area contributed by atoms with Gasteiger partial charge in [0, 0.05) is 32.7 Å². The molecule has 2 heteroatoms. The summed E-state index contributed by atoms with van der Waals surface area (Å²) in [6.07, 6.45) is 6.96. The summed E-state index contributed by atoms with van der Waals surface area (Å²) in [5, 5.41) is 0. The molecule has 0 aromatic carbocycles. The van der Waals surface area contributed by atoms with Gasteiger partial charge in [0.2, 0.25) is 0 Å². The van der Waals surface area contributed by atoms with Crippen LogP contribution in [0.4, 0.5) is 0 Å². The smallest absolute Gasteiger partial charge is 0.0199 e. The number of hydrogen-bond donors (Lipinski definition) is 0. The Balaban J connectivity index is 1.86. The van der Waals surface area contributed by atoms with Crippen molar-refractivity contribution in [2.24, 2.45) is 0 Å². The molecular formula is C13H22N2. The van der Waals surface area contributed by atoms with Crippen LogP contribution in [0.25, 0.3) is 0 Å². The van der Waals surface area contributed by atoms with Crippen molar-refractivity contribution in [2.75, 3.05) is 39.8 Å². The highest BCUT2D eigenvalue weighted by molar-refractivity contribution is 5.23. The average Bonchev–Trinajstić information content (AvgIpc) is 2.25. The molecule has 84 valence electrons. The molecule has 1 aliphatic heterocycles. The highest BCUT2D eigenvalue weighted by atomic mass is 15.2. The first-order valence-corrected chi connectivity index (χ1v) is 5.99. The normalized spacial score (nSPS) is 24.9.